The zero-order valence-corrected chi connectivity index (χ0v) is 23.9. The molecule has 10 nitrogen and oxygen atoms in total. The van der Waals surface area contributed by atoms with E-state index in [0.29, 0.717) is 44.6 Å². The van der Waals surface area contributed by atoms with Gasteiger partial charge in [-0.1, -0.05) is 30.3 Å². The van der Waals surface area contributed by atoms with Crippen LogP contribution in [0.4, 0.5) is 4.79 Å². The lowest BCUT2D eigenvalue weighted by atomic mass is 9.84. The van der Waals surface area contributed by atoms with Crippen molar-refractivity contribution in [1.82, 2.24) is 15.1 Å². The summed E-state index contributed by atoms with van der Waals surface area (Å²) in [4.78, 5) is 41.5. The van der Waals surface area contributed by atoms with E-state index in [-0.39, 0.29) is 12.5 Å². The Balaban J connectivity index is 1.21. The number of hydrogen-bond donors (Lipinski definition) is 1. The van der Waals surface area contributed by atoms with Crippen molar-refractivity contribution in [2.75, 3.05) is 39.8 Å². The van der Waals surface area contributed by atoms with Crippen LogP contribution in [0.5, 0.6) is 0 Å². The van der Waals surface area contributed by atoms with Crippen molar-refractivity contribution >= 4 is 18.0 Å². The van der Waals surface area contributed by atoms with Gasteiger partial charge in [0.05, 0.1) is 18.2 Å². The average molecular weight is 561 g/mol. The van der Waals surface area contributed by atoms with E-state index >= 15 is 0 Å². The summed E-state index contributed by atoms with van der Waals surface area (Å²) in [6.45, 7) is 7.55. The average Bonchev–Trinajstić information content (AvgIpc) is 3.05. The number of nitrogens with one attached hydrogen (secondary N) is 1. The molecule has 0 unspecified atom stereocenters. The Bertz CT molecular complexity index is 1370. The number of carbonyl (C=O) groups is 3. The lowest BCUT2D eigenvalue weighted by molar-refractivity contribution is -0.133. The van der Waals surface area contributed by atoms with Gasteiger partial charge in [0, 0.05) is 38.2 Å². The summed E-state index contributed by atoms with van der Waals surface area (Å²) in [7, 11) is 2.00. The molecule has 3 heterocycles. The molecule has 3 aliphatic heterocycles. The van der Waals surface area contributed by atoms with Gasteiger partial charge in [-0.25, -0.2) is 9.59 Å². The van der Waals surface area contributed by atoms with Gasteiger partial charge in [0.1, 0.15) is 11.6 Å². The molecule has 2 atom stereocenters. The van der Waals surface area contributed by atoms with Crippen LogP contribution in [-0.4, -0.2) is 85.3 Å². The fraction of sp³-hybridized carbons (Fsp3) is 0.484. The van der Waals surface area contributed by atoms with Crippen LogP contribution in [0.2, 0.25) is 0 Å². The zero-order chi connectivity index (χ0) is 29.4. The molecule has 2 aromatic rings. The molecule has 2 saturated heterocycles. The minimum absolute atomic E-state index is 0.0581. The van der Waals surface area contributed by atoms with Gasteiger partial charge >= 0.3 is 12.1 Å². The van der Waals surface area contributed by atoms with Crippen LogP contribution in [0.1, 0.15) is 48.7 Å². The summed E-state index contributed by atoms with van der Waals surface area (Å²) in [6, 6.07) is 15.0. The van der Waals surface area contributed by atoms with Crippen molar-refractivity contribution in [1.29, 1.82) is 5.26 Å². The van der Waals surface area contributed by atoms with E-state index in [2.05, 4.69) is 16.3 Å². The number of likely N-dealkylation sites (N-methyl/N-ethyl adjacent to an activating group) is 1. The first kappa shape index (κ1) is 28.6. The topological polar surface area (TPSA) is 121 Å². The molecule has 10 heteroatoms. The molecule has 1 spiro atoms. The SMILES string of the molecule is CN1CC2(C1)OC(=O)c1ccc(-c3ccc(C[C@@H](C#N)NC(=O)[C@@H]4CN(C(=O)OC(C)(C)C)CCCO4)cc3)cc12. The monoisotopic (exact) mass is 560 g/mol. The summed E-state index contributed by atoms with van der Waals surface area (Å²) in [6.07, 6.45) is -0.483. The van der Waals surface area contributed by atoms with Crippen LogP contribution < -0.4 is 5.32 Å². The summed E-state index contributed by atoms with van der Waals surface area (Å²) in [5.74, 6) is -0.708. The highest BCUT2D eigenvalue weighted by molar-refractivity contribution is 5.96. The molecule has 5 rings (SSSR count). The van der Waals surface area contributed by atoms with Gasteiger partial charge in [-0.2, -0.15) is 5.26 Å². The fourth-order valence-electron chi connectivity index (χ4n) is 5.57. The highest BCUT2D eigenvalue weighted by Gasteiger charge is 2.52. The normalized spacial score (nSPS) is 20.7. The number of benzene rings is 2. The number of fused-ring (bicyclic) bond motifs is 2. The maximum absolute atomic E-state index is 13.0. The first-order valence-electron chi connectivity index (χ1n) is 13.9. The number of likely N-dealkylation sites (tertiary alicyclic amines) is 1. The Morgan fingerprint density at radius 1 is 1.17 bits per heavy atom. The molecule has 0 aliphatic carbocycles. The van der Waals surface area contributed by atoms with Gasteiger partial charge in [-0.05, 0) is 63.1 Å². The fourth-order valence-corrected chi connectivity index (χ4v) is 5.57. The van der Waals surface area contributed by atoms with Crippen molar-refractivity contribution in [3.8, 4) is 17.2 Å². The Morgan fingerprint density at radius 2 is 1.88 bits per heavy atom. The minimum Gasteiger partial charge on any atom is -0.448 e. The second-order valence-corrected chi connectivity index (χ2v) is 12.0. The van der Waals surface area contributed by atoms with E-state index in [4.69, 9.17) is 14.2 Å². The molecule has 3 aliphatic rings. The predicted molar refractivity (Wildman–Crippen MR) is 150 cm³/mol. The molecular weight excluding hydrogens is 524 g/mol. The van der Waals surface area contributed by atoms with Crippen LogP contribution in [0, 0.1) is 11.3 Å². The van der Waals surface area contributed by atoms with Gasteiger partial charge in [0.25, 0.3) is 5.91 Å². The third kappa shape index (κ3) is 6.21. The maximum atomic E-state index is 13.0. The van der Waals surface area contributed by atoms with Gasteiger partial charge < -0.3 is 24.4 Å². The number of hydrogen-bond acceptors (Lipinski definition) is 8. The Morgan fingerprint density at radius 3 is 2.54 bits per heavy atom. The van der Waals surface area contributed by atoms with Crippen LogP contribution in [-0.2, 0) is 31.0 Å². The van der Waals surface area contributed by atoms with E-state index in [1.54, 1.807) is 20.8 Å². The van der Waals surface area contributed by atoms with Crippen LogP contribution in [0.15, 0.2) is 42.5 Å². The quantitative estimate of drug-likeness (QED) is 0.554. The summed E-state index contributed by atoms with van der Waals surface area (Å²) < 4.78 is 16.9. The molecule has 0 radical (unpaired) electrons. The standard InChI is InChI=1S/C31H36N4O6/c1-30(2,3)41-29(38)35-12-5-13-39-26(17-35)27(36)33-23(16-32)14-20-6-8-21(9-7-20)22-10-11-24-25(15-22)31(40-28(24)37)18-34(4)19-31/h6-11,15,23,26H,5,12-14,17-19H2,1-4H3,(H,33,36)/t23-,26-/m0/s1. The number of amides is 2. The van der Waals surface area contributed by atoms with E-state index < -0.39 is 35.3 Å². The number of esters is 1. The number of nitrogens with zero attached hydrogens (tertiary/aromatic N) is 3. The van der Waals surface area contributed by atoms with Crippen LogP contribution in [0.25, 0.3) is 11.1 Å². The lowest BCUT2D eigenvalue weighted by Crippen LogP contribution is -2.57. The van der Waals surface area contributed by atoms with E-state index in [0.717, 1.165) is 22.3 Å². The summed E-state index contributed by atoms with van der Waals surface area (Å²) >= 11 is 0. The molecule has 216 valence electrons. The minimum atomic E-state index is -0.891. The number of rotatable bonds is 5. The Kier molecular flexibility index (Phi) is 7.77. The molecule has 1 N–H and O–H groups in total. The molecular formula is C31H36N4O6. The molecule has 2 amide bonds. The second kappa shape index (κ2) is 11.1. The lowest BCUT2D eigenvalue weighted by Gasteiger charge is -2.44. The Hall–Kier alpha value is -3.94. The van der Waals surface area contributed by atoms with Gasteiger partial charge in [-0.15, -0.1) is 0 Å². The molecule has 0 aromatic heterocycles. The van der Waals surface area contributed by atoms with Gasteiger partial charge in [0.15, 0.2) is 11.7 Å². The third-order valence-corrected chi connectivity index (χ3v) is 7.49. The molecule has 2 aromatic carbocycles. The first-order valence-corrected chi connectivity index (χ1v) is 13.9. The van der Waals surface area contributed by atoms with Crippen molar-refractivity contribution < 1.29 is 28.6 Å². The molecule has 2 fully saturated rings. The van der Waals surface area contributed by atoms with Crippen LogP contribution in [0.3, 0.4) is 0 Å². The van der Waals surface area contributed by atoms with E-state index in [9.17, 15) is 19.6 Å². The summed E-state index contributed by atoms with van der Waals surface area (Å²) in [5, 5.41) is 12.5. The van der Waals surface area contributed by atoms with Crippen molar-refractivity contribution in [2.45, 2.75) is 57.0 Å². The third-order valence-electron chi connectivity index (χ3n) is 7.49. The Labute approximate surface area is 240 Å². The largest absolute Gasteiger partial charge is 0.448 e. The van der Waals surface area contributed by atoms with E-state index in [1.165, 1.54) is 4.90 Å². The highest BCUT2D eigenvalue weighted by Crippen LogP contribution is 2.44. The molecule has 41 heavy (non-hydrogen) atoms. The maximum Gasteiger partial charge on any atom is 0.410 e. The molecule has 0 saturated carbocycles. The zero-order valence-electron chi connectivity index (χ0n) is 23.9. The van der Waals surface area contributed by atoms with Gasteiger partial charge in [-0.3, -0.25) is 9.69 Å². The molecule has 0 bridgehead atoms. The first-order chi connectivity index (χ1) is 19.5. The van der Waals surface area contributed by atoms with Crippen molar-refractivity contribution in [3.05, 3.63) is 59.2 Å². The highest BCUT2D eigenvalue weighted by atomic mass is 16.6. The second-order valence-electron chi connectivity index (χ2n) is 12.0. The van der Waals surface area contributed by atoms with Gasteiger partial charge in [0.2, 0.25) is 0 Å². The van der Waals surface area contributed by atoms with Crippen molar-refractivity contribution in [3.63, 3.8) is 0 Å². The number of nitriles is 1. The van der Waals surface area contributed by atoms with Crippen molar-refractivity contribution in [2.24, 2.45) is 0 Å². The number of carbonyl (C=O) groups excluding carboxylic acids is 3. The number of ether oxygens (including phenoxy) is 3. The summed E-state index contributed by atoms with van der Waals surface area (Å²) in [5.41, 5.74) is 3.19. The van der Waals surface area contributed by atoms with E-state index in [1.807, 2.05) is 49.5 Å². The smallest absolute Gasteiger partial charge is 0.410 e. The van der Waals surface area contributed by atoms with Crippen LogP contribution >= 0.6 is 0 Å². The predicted octanol–water partition coefficient (Wildman–Crippen LogP) is 3.24.